The first-order valence-corrected chi connectivity index (χ1v) is 16.0. The molecule has 0 fully saturated rings. The summed E-state index contributed by atoms with van der Waals surface area (Å²) in [4.78, 5) is 40.0. The Balaban J connectivity index is 1.47. The number of hydrogen-bond donors (Lipinski definition) is 2. The van der Waals surface area contributed by atoms with Gasteiger partial charge in [0.2, 0.25) is 5.91 Å². The van der Waals surface area contributed by atoms with Crippen LogP contribution in [0.15, 0.2) is 103 Å². The molecule has 3 atom stereocenters. The molecule has 6 nitrogen and oxygen atoms in total. The van der Waals surface area contributed by atoms with Crippen LogP contribution in [0.2, 0.25) is 5.02 Å². The van der Waals surface area contributed by atoms with E-state index in [0.717, 1.165) is 31.5 Å². The number of rotatable bonds is 13. The molecule has 230 valence electrons. The molecule has 1 aromatic heterocycles. The number of carboxylic acid groups (broad SMARTS) is 2. The van der Waals surface area contributed by atoms with E-state index in [9.17, 15) is 24.6 Å². The highest BCUT2D eigenvalue weighted by atomic mass is 35.5. The van der Waals surface area contributed by atoms with Crippen molar-refractivity contribution in [3.63, 3.8) is 0 Å². The molecule has 0 aliphatic carbocycles. The van der Waals surface area contributed by atoms with Crippen LogP contribution in [-0.2, 0) is 20.9 Å². The molecule has 45 heavy (non-hydrogen) atoms. The summed E-state index contributed by atoms with van der Waals surface area (Å²) in [6, 6.07) is 31.7. The fourth-order valence-electron chi connectivity index (χ4n) is 5.73. The quantitative estimate of drug-likeness (QED) is 0.134. The molecule has 0 bridgehead atoms. The summed E-state index contributed by atoms with van der Waals surface area (Å²) in [5.41, 5.74) is 2.05. The Hall–Kier alpha value is -4.46. The van der Waals surface area contributed by atoms with Gasteiger partial charge in [-0.15, -0.1) is 11.3 Å². The van der Waals surface area contributed by atoms with E-state index in [1.165, 1.54) is 5.39 Å². The Kier molecular flexibility index (Phi) is 10.3. The van der Waals surface area contributed by atoms with E-state index in [1.54, 1.807) is 16.2 Å². The maximum absolute atomic E-state index is 13.9. The molecule has 5 aromatic rings. The topological polar surface area (TPSA) is 94.9 Å². The van der Waals surface area contributed by atoms with Gasteiger partial charge in [-0.25, -0.2) is 0 Å². The number of carboxylic acids is 2. The highest BCUT2D eigenvalue weighted by Crippen LogP contribution is 2.33. The second-order valence-electron chi connectivity index (χ2n) is 11.3. The van der Waals surface area contributed by atoms with Gasteiger partial charge in [-0.3, -0.25) is 14.4 Å². The van der Waals surface area contributed by atoms with Crippen molar-refractivity contribution >= 4 is 67.7 Å². The summed E-state index contributed by atoms with van der Waals surface area (Å²) in [5.74, 6) is -4.43. The first-order chi connectivity index (χ1) is 21.7. The largest absolute Gasteiger partial charge is 0.481 e. The molecule has 5 rings (SSSR count). The number of allylic oxidation sites excluding steroid dienone is 1. The lowest BCUT2D eigenvalue weighted by Gasteiger charge is -2.35. The van der Waals surface area contributed by atoms with Crippen molar-refractivity contribution in [3.05, 3.63) is 124 Å². The molecule has 1 heterocycles. The Morgan fingerprint density at radius 2 is 1.53 bits per heavy atom. The van der Waals surface area contributed by atoms with Crippen molar-refractivity contribution in [2.45, 2.75) is 44.7 Å². The van der Waals surface area contributed by atoms with Crippen molar-refractivity contribution in [1.82, 2.24) is 4.90 Å². The highest BCUT2D eigenvalue weighted by Gasteiger charge is 2.32. The lowest BCUT2D eigenvalue weighted by Crippen LogP contribution is -2.42. The maximum atomic E-state index is 13.9. The van der Waals surface area contributed by atoms with Crippen molar-refractivity contribution in [2.75, 3.05) is 0 Å². The fourth-order valence-corrected chi connectivity index (χ4v) is 6.92. The smallest absolute Gasteiger partial charge is 0.307 e. The van der Waals surface area contributed by atoms with Crippen molar-refractivity contribution in [1.29, 1.82) is 0 Å². The summed E-state index contributed by atoms with van der Waals surface area (Å²) >= 11 is 7.82. The molecule has 8 heteroatoms. The van der Waals surface area contributed by atoms with Crippen LogP contribution in [0.5, 0.6) is 0 Å². The predicted molar refractivity (Wildman–Crippen MR) is 182 cm³/mol. The van der Waals surface area contributed by atoms with Crippen LogP contribution in [0.3, 0.4) is 0 Å². The predicted octanol–water partition coefficient (Wildman–Crippen LogP) is 8.88. The molecule has 0 aliphatic heterocycles. The van der Waals surface area contributed by atoms with E-state index in [0.29, 0.717) is 11.4 Å². The zero-order chi connectivity index (χ0) is 31.9. The van der Waals surface area contributed by atoms with Gasteiger partial charge >= 0.3 is 11.9 Å². The average molecular weight is 640 g/mol. The molecule has 0 spiro atoms. The van der Waals surface area contributed by atoms with Crippen LogP contribution in [-0.4, -0.2) is 39.0 Å². The third-order valence-electron chi connectivity index (χ3n) is 8.16. The minimum Gasteiger partial charge on any atom is -0.481 e. The summed E-state index contributed by atoms with van der Waals surface area (Å²) in [6.45, 7) is 2.25. The van der Waals surface area contributed by atoms with Gasteiger partial charge in [0.15, 0.2) is 0 Å². The number of benzene rings is 4. The third kappa shape index (κ3) is 8.18. The van der Waals surface area contributed by atoms with E-state index in [2.05, 4.69) is 48.6 Å². The number of aliphatic carboxylic acids is 2. The van der Waals surface area contributed by atoms with E-state index < -0.39 is 36.6 Å². The van der Waals surface area contributed by atoms with Gasteiger partial charge < -0.3 is 15.1 Å². The molecular formula is C37H34ClNO5S. The van der Waals surface area contributed by atoms with Gasteiger partial charge in [-0.05, 0) is 71.0 Å². The van der Waals surface area contributed by atoms with Gasteiger partial charge in [0, 0.05) is 33.0 Å². The molecule has 0 radical (unpaired) electrons. The summed E-state index contributed by atoms with van der Waals surface area (Å²) < 4.78 is 1.09. The van der Waals surface area contributed by atoms with Gasteiger partial charge in [0.05, 0.1) is 18.9 Å². The SMILES string of the molecule is CC(C(C/C=C/c1ccc2ccccc2c1)c1ccc(Cl)cc1)N(Cc1cc2ccccc2s1)C(=O)CC(CC(=O)O)C(=O)O. The molecular weight excluding hydrogens is 606 g/mol. The Bertz CT molecular complexity index is 1810. The number of hydrogen-bond acceptors (Lipinski definition) is 4. The zero-order valence-electron chi connectivity index (χ0n) is 24.8. The van der Waals surface area contributed by atoms with Gasteiger partial charge in [0.1, 0.15) is 0 Å². The van der Waals surface area contributed by atoms with E-state index >= 15 is 0 Å². The number of thiophene rings is 1. The van der Waals surface area contributed by atoms with Crippen molar-refractivity contribution in [3.8, 4) is 0 Å². The summed E-state index contributed by atoms with van der Waals surface area (Å²) in [7, 11) is 0. The van der Waals surface area contributed by atoms with Crippen LogP contribution in [0, 0.1) is 5.92 Å². The van der Waals surface area contributed by atoms with Gasteiger partial charge in [-0.2, -0.15) is 0 Å². The summed E-state index contributed by atoms with van der Waals surface area (Å²) in [5, 5.41) is 23.0. The van der Waals surface area contributed by atoms with Crippen molar-refractivity contribution in [2.24, 2.45) is 5.92 Å². The minimum atomic E-state index is -1.33. The number of amides is 1. The second-order valence-corrected chi connectivity index (χ2v) is 12.9. The molecule has 0 saturated carbocycles. The molecule has 2 N–H and O–H groups in total. The number of nitrogens with zero attached hydrogens (tertiary/aromatic N) is 1. The zero-order valence-corrected chi connectivity index (χ0v) is 26.4. The Morgan fingerprint density at radius 3 is 2.22 bits per heavy atom. The number of carbonyl (C=O) groups is 3. The lowest BCUT2D eigenvalue weighted by atomic mass is 9.87. The lowest BCUT2D eigenvalue weighted by molar-refractivity contribution is -0.151. The normalized spacial score (nSPS) is 13.6. The third-order valence-corrected chi connectivity index (χ3v) is 9.51. The summed E-state index contributed by atoms with van der Waals surface area (Å²) in [6.07, 6.45) is 3.75. The number of fused-ring (bicyclic) bond motifs is 2. The minimum absolute atomic E-state index is 0.153. The fraction of sp³-hybridized carbons (Fsp3) is 0.216. The van der Waals surface area contributed by atoms with Crippen LogP contribution in [0.1, 0.15) is 48.1 Å². The Morgan fingerprint density at radius 1 is 0.844 bits per heavy atom. The molecule has 3 unspecified atom stereocenters. The first kappa shape index (κ1) is 31.9. The highest BCUT2D eigenvalue weighted by molar-refractivity contribution is 7.19. The molecule has 4 aromatic carbocycles. The standard InChI is InChI=1S/C37H34ClNO5S/c1-24(33(27-15-17-31(38)18-16-27)11-6-7-25-13-14-26-8-2-3-9-28(26)19-25)39(35(40)21-30(37(43)44)22-36(41)42)23-32-20-29-10-4-5-12-34(29)45-32/h2-10,12-20,24,30,33H,11,21-23H2,1H3,(H,41,42)(H,43,44)/b7-6+. The van der Waals surface area contributed by atoms with Gasteiger partial charge in [0.25, 0.3) is 0 Å². The molecule has 0 saturated heterocycles. The van der Waals surface area contributed by atoms with E-state index in [4.69, 9.17) is 11.6 Å². The van der Waals surface area contributed by atoms with E-state index in [1.807, 2.05) is 67.6 Å². The van der Waals surface area contributed by atoms with E-state index in [-0.39, 0.29) is 18.5 Å². The van der Waals surface area contributed by atoms with Crippen LogP contribution in [0.4, 0.5) is 0 Å². The van der Waals surface area contributed by atoms with Gasteiger partial charge in [-0.1, -0.05) is 90.5 Å². The monoisotopic (exact) mass is 639 g/mol. The van der Waals surface area contributed by atoms with Crippen LogP contribution < -0.4 is 0 Å². The number of halogens is 1. The van der Waals surface area contributed by atoms with Crippen LogP contribution in [0.25, 0.3) is 26.9 Å². The maximum Gasteiger partial charge on any atom is 0.307 e. The molecule has 1 amide bonds. The van der Waals surface area contributed by atoms with Crippen molar-refractivity contribution < 1.29 is 24.6 Å². The second kappa shape index (κ2) is 14.5. The average Bonchev–Trinajstić information content (AvgIpc) is 3.44. The van der Waals surface area contributed by atoms with Crippen LogP contribution >= 0.6 is 22.9 Å². The molecule has 0 aliphatic rings. The first-order valence-electron chi connectivity index (χ1n) is 14.8. The Labute approximate surface area is 271 Å². The number of carbonyl (C=O) groups excluding carboxylic acids is 1.